The van der Waals surface area contributed by atoms with Gasteiger partial charge >= 0.3 is 17.8 Å². The fraction of sp³-hybridized carbons (Fsp3) is 0.286. The topological polar surface area (TPSA) is 170 Å². The van der Waals surface area contributed by atoms with E-state index >= 15 is 0 Å². The molecule has 1 aromatic carbocycles. The van der Waals surface area contributed by atoms with Gasteiger partial charge in [0.2, 0.25) is 0 Å². The van der Waals surface area contributed by atoms with Crippen molar-refractivity contribution in [3.63, 3.8) is 0 Å². The average molecular weight is 441 g/mol. The molecule has 1 saturated heterocycles. The zero-order valence-corrected chi connectivity index (χ0v) is 17.3. The third-order valence-corrected chi connectivity index (χ3v) is 5.22. The Labute approximate surface area is 183 Å². The monoisotopic (exact) mass is 441 g/mol. The number of nitrogens with zero attached hydrogens (tertiary/aromatic N) is 2. The Balaban J connectivity index is 1.82. The second-order valence-electron chi connectivity index (χ2n) is 7.22. The van der Waals surface area contributed by atoms with E-state index in [1.54, 1.807) is 13.0 Å². The number of hydrogen-bond donors (Lipinski definition) is 4. The number of hydrogen-bond acceptors (Lipinski definition) is 6. The first kappa shape index (κ1) is 22.5. The maximum atomic E-state index is 12.7. The number of likely N-dealkylation sites (N-methyl/N-ethyl adjacent to an activating group) is 1. The maximum Gasteiger partial charge on any atom is 0.326 e. The molecule has 11 heteroatoms. The molecule has 2 aromatic rings. The molecule has 1 aliphatic rings. The molecule has 168 valence electrons. The molecular weight excluding hydrogens is 418 g/mol. The molecule has 3 amide bonds. The lowest BCUT2D eigenvalue weighted by molar-refractivity contribution is -0.165. The number of amidine groups is 1. The van der Waals surface area contributed by atoms with Crippen LogP contribution >= 0.6 is 0 Å². The summed E-state index contributed by atoms with van der Waals surface area (Å²) >= 11 is 0. The van der Waals surface area contributed by atoms with Crippen LogP contribution in [0, 0.1) is 5.41 Å². The van der Waals surface area contributed by atoms with Gasteiger partial charge in [-0.25, -0.2) is 4.79 Å². The van der Waals surface area contributed by atoms with Crippen molar-refractivity contribution in [1.82, 2.24) is 15.1 Å². The lowest BCUT2D eigenvalue weighted by atomic mass is 10.0. The third kappa shape index (κ3) is 4.61. The second kappa shape index (κ2) is 9.33. The Morgan fingerprint density at radius 2 is 1.88 bits per heavy atom. The highest BCUT2D eigenvalue weighted by molar-refractivity contribution is 6.36. The number of piperazine rings is 1. The first-order valence-electron chi connectivity index (χ1n) is 9.83. The van der Waals surface area contributed by atoms with Crippen molar-refractivity contribution in [3.8, 4) is 0 Å². The molecule has 11 nitrogen and oxygen atoms in total. The Hall–Kier alpha value is -4.15. The number of carbonyl (C=O) groups is 4. The van der Waals surface area contributed by atoms with Crippen LogP contribution in [0.5, 0.6) is 0 Å². The van der Waals surface area contributed by atoms with Crippen LogP contribution in [0.3, 0.4) is 0 Å². The highest BCUT2D eigenvalue weighted by atomic mass is 16.4. The van der Waals surface area contributed by atoms with Gasteiger partial charge in [0.05, 0.1) is 19.1 Å². The number of furan rings is 1. The fourth-order valence-electron chi connectivity index (χ4n) is 3.51. The van der Waals surface area contributed by atoms with Gasteiger partial charge in [0.15, 0.2) is 0 Å². The van der Waals surface area contributed by atoms with E-state index in [2.05, 4.69) is 5.32 Å². The highest BCUT2D eigenvalue weighted by Crippen LogP contribution is 2.18. The van der Waals surface area contributed by atoms with E-state index in [-0.39, 0.29) is 30.9 Å². The van der Waals surface area contributed by atoms with Gasteiger partial charge in [-0.15, -0.1) is 0 Å². The van der Waals surface area contributed by atoms with Crippen LogP contribution in [0.2, 0.25) is 0 Å². The summed E-state index contributed by atoms with van der Waals surface area (Å²) in [5.41, 5.74) is 6.68. The molecule has 0 radical (unpaired) electrons. The number of amides is 3. The van der Waals surface area contributed by atoms with Crippen molar-refractivity contribution < 1.29 is 28.7 Å². The average Bonchev–Trinajstić information content (AvgIpc) is 3.28. The minimum atomic E-state index is -1.31. The molecule has 3 rings (SSSR count). The summed E-state index contributed by atoms with van der Waals surface area (Å²) in [7, 11) is 0. The summed E-state index contributed by atoms with van der Waals surface area (Å²) in [5, 5.41) is 19.8. The summed E-state index contributed by atoms with van der Waals surface area (Å²) in [6.07, 6.45) is 1.78. The number of aliphatic carboxylic acids is 1. The number of nitrogens with two attached hydrogens (primary N) is 1. The summed E-state index contributed by atoms with van der Waals surface area (Å²) in [6.45, 7) is 1.61. The Kier molecular flexibility index (Phi) is 6.57. The van der Waals surface area contributed by atoms with Crippen LogP contribution in [0.25, 0.3) is 0 Å². The standard InChI is InChI=1S/C21H23N5O6/c1-2-25-16(24-18(27)14-5-3-13(4-6-14)17(22)23)10-26(20(29)19(25)28)15(21(30)31)9-12-7-8-32-11-12/h3-8,11,15-16H,2,9-10H2,1H3,(H3,22,23)(H,24,27)(H,30,31). The lowest BCUT2D eigenvalue weighted by Gasteiger charge is -2.42. The number of benzene rings is 1. The molecule has 1 aliphatic heterocycles. The number of carboxylic acids is 1. The van der Waals surface area contributed by atoms with Gasteiger partial charge in [0.1, 0.15) is 18.0 Å². The lowest BCUT2D eigenvalue weighted by Crippen LogP contribution is -2.67. The first-order chi connectivity index (χ1) is 15.2. The second-order valence-corrected chi connectivity index (χ2v) is 7.22. The van der Waals surface area contributed by atoms with Crippen LogP contribution in [0.15, 0.2) is 47.3 Å². The molecular formula is C21H23N5O6. The van der Waals surface area contributed by atoms with Gasteiger partial charge in [0, 0.05) is 24.1 Å². The third-order valence-electron chi connectivity index (χ3n) is 5.22. The van der Waals surface area contributed by atoms with E-state index in [9.17, 15) is 24.3 Å². The van der Waals surface area contributed by atoms with Crippen molar-refractivity contribution in [3.05, 3.63) is 59.5 Å². The molecule has 1 fully saturated rings. The zero-order chi connectivity index (χ0) is 23.4. The molecule has 2 atom stereocenters. The smallest absolute Gasteiger partial charge is 0.326 e. The first-order valence-corrected chi connectivity index (χ1v) is 9.83. The van der Waals surface area contributed by atoms with Crippen LogP contribution in [-0.4, -0.2) is 69.7 Å². The highest BCUT2D eigenvalue weighted by Gasteiger charge is 2.44. The minimum absolute atomic E-state index is 0.0514. The van der Waals surface area contributed by atoms with Gasteiger partial charge in [-0.05, 0) is 30.7 Å². The molecule has 2 heterocycles. The number of nitrogens with one attached hydrogen (secondary N) is 2. The quantitative estimate of drug-likeness (QED) is 0.254. The molecule has 32 heavy (non-hydrogen) atoms. The van der Waals surface area contributed by atoms with Gasteiger partial charge in [0.25, 0.3) is 5.91 Å². The van der Waals surface area contributed by atoms with Crippen LogP contribution in [0.1, 0.15) is 28.4 Å². The number of carboxylic acid groups (broad SMARTS) is 1. The molecule has 0 spiro atoms. The van der Waals surface area contributed by atoms with E-state index in [0.717, 1.165) is 4.90 Å². The van der Waals surface area contributed by atoms with Crippen molar-refractivity contribution >= 4 is 29.5 Å². The summed E-state index contributed by atoms with van der Waals surface area (Å²) in [6, 6.07) is 6.26. The van der Waals surface area contributed by atoms with Crippen LogP contribution in [0.4, 0.5) is 0 Å². The van der Waals surface area contributed by atoms with Crippen molar-refractivity contribution in [2.24, 2.45) is 5.73 Å². The molecule has 0 saturated carbocycles. The van der Waals surface area contributed by atoms with Crippen molar-refractivity contribution in [2.45, 2.75) is 25.6 Å². The Bertz CT molecular complexity index is 1030. The summed E-state index contributed by atoms with van der Waals surface area (Å²) < 4.78 is 4.96. The number of nitrogen functional groups attached to an aromatic ring is 1. The predicted molar refractivity (Wildman–Crippen MR) is 112 cm³/mol. The van der Waals surface area contributed by atoms with Gasteiger partial charge in [-0.1, -0.05) is 12.1 Å². The van der Waals surface area contributed by atoms with Gasteiger partial charge in [-0.2, -0.15) is 0 Å². The summed E-state index contributed by atoms with van der Waals surface area (Å²) in [5.74, 6) is -3.78. The predicted octanol–water partition coefficient (Wildman–Crippen LogP) is 0.00617. The molecule has 1 aromatic heterocycles. The molecule has 0 bridgehead atoms. The fourth-order valence-corrected chi connectivity index (χ4v) is 3.51. The van der Waals surface area contributed by atoms with Crippen molar-refractivity contribution in [2.75, 3.05) is 13.1 Å². The van der Waals surface area contributed by atoms with Crippen LogP contribution < -0.4 is 11.1 Å². The van der Waals surface area contributed by atoms with Crippen molar-refractivity contribution in [1.29, 1.82) is 5.41 Å². The summed E-state index contributed by atoms with van der Waals surface area (Å²) in [4.78, 5) is 52.2. The van der Waals surface area contributed by atoms with E-state index < -0.39 is 35.9 Å². The maximum absolute atomic E-state index is 12.7. The zero-order valence-electron chi connectivity index (χ0n) is 17.3. The number of rotatable bonds is 8. The Morgan fingerprint density at radius 1 is 1.22 bits per heavy atom. The van der Waals surface area contributed by atoms with E-state index in [1.165, 1.54) is 41.7 Å². The molecule has 0 aliphatic carbocycles. The normalized spacial score (nSPS) is 17.2. The van der Waals surface area contributed by atoms with E-state index in [4.69, 9.17) is 15.6 Å². The Morgan fingerprint density at radius 3 is 2.41 bits per heavy atom. The molecule has 2 unspecified atom stereocenters. The van der Waals surface area contributed by atoms with E-state index in [1.807, 2.05) is 0 Å². The van der Waals surface area contributed by atoms with E-state index in [0.29, 0.717) is 11.1 Å². The van der Waals surface area contributed by atoms with Gasteiger partial charge < -0.3 is 30.4 Å². The largest absolute Gasteiger partial charge is 0.480 e. The van der Waals surface area contributed by atoms with Gasteiger partial charge in [-0.3, -0.25) is 19.8 Å². The minimum Gasteiger partial charge on any atom is -0.480 e. The SMILES string of the molecule is CCN1C(=O)C(=O)N(C(Cc2ccoc2)C(=O)O)CC1NC(=O)c1ccc(C(=N)N)cc1. The number of carbonyl (C=O) groups excluding carboxylic acids is 3. The van der Waals surface area contributed by atoms with Crippen LogP contribution in [-0.2, 0) is 20.8 Å². The molecule has 5 N–H and O–H groups in total.